The van der Waals surface area contributed by atoms with Crippen LogP contribution in [0, 0.1) is 5.92 Å². The molecule has 2 heterocycles. The van der Waals surface area contributed by atoms with Gasteiger partial charge in [-0.25, -0.2) is 8.42 Å². The molecule has 1 fully saturated rings. The zero-order valence-corrected chi connectivity index (χ0v) is 22.9. The molecule has 10 heteroatoms. The van der Waals surface area contributed by atoms with Crippen LogP contribution in [0.25, 0.3) is 0 Å². The number of ether oxygens (including phenoxy) is 1. The van der Waals surface area contributed by atoms with Crippen molar-refractivity contribution >= 4 is 44.9 Å². The van der Waals surface area contributed by atoms with Crippen LogP contribution in [0.4, 0.5) is 5.69 Å². The van der Waals surface area contributed by atoms with E-state index in [2.05, 4.69) is 0 Å². The molecule has 5 rings (SSSR count). The van der Waals surface area contributed by atoms with Crippen molar-refractivity contribution in [3.63, 3.8) is 0 Å². The highest BCUT2D eigenvalue weighted by atomic mass is 35.5. The van der Waals surface area contributed by atoms with Gasteiger partial charge >= 0.3 is 5.97 Å². The number of rotatable bonds is 5. The first-order valence-electron chi connectivity index (χ1n) is 12.7. The quantitative estimate of drug-likeness (QED) is 0.413. The van der Waals surface area contributed by atoms with Crippen LogP contribution in [0.2, 0.25) is 5.02 Å². The number of halogens is 1. The van der Waals surface area contributed by atoms with E-state index in [1.165, 1.54) is 35.2 Å². The molecule has 0 radical (unpaired) electrons. The molecular weight excluding hydrogens is 540 g/mol. The molecule has 1 unspecified atom stereocenters. The minimum atomic E-state index is -4.07. The molecule has 0 saturated carbocycles. The largest absolute Gasteiger partial charge is 0.466 e. The second-order valence-corrected chi connectivity index (χ2v) is 11.9. The maximum absolute atomic E-state index is 13.8. The number of piperidine rings is 1. The number of fused-ring (bicyclic) bond motifs is 2. The van der Waals surface area contributed by atoms with Gasteiger partial charge in [0.25, 0.3) is 11.8 Å². The third kappa shape index (κ3) is 5.16. The zero-order chi connectivity index (χ0) is 27.7. The van der Waals surface area contributed by atoms with Crippen molar-refractivity contribution in [2.45, 2.75) is 36.1 Å². The van der Waals surface area contributed by atoms with Gasteiger partial charge in [0.2, 0.25) is 9.84 Å². The third-order valence-electron chi connectivity index (χ3n) is 7.02. The monoisotopic (exact) mass is 566 g/mol. The van der Waals surface area contributed by atoms with E-state index in [1.54, 1.807) is 48.2 Å². The Bertz CT molecular complexity index is 1550. The van der Waals surface area contributed by atoms with E-state index >= 15 is 0 Å². The molecule has 2 aliphatic rings. The normalized spacial score (nSPS) is 18.1. The summed E-state index contributed by atoms with van der Waals surface area (Å²) in [6.45, 7) is 2.75. The molecule has 0 spiro atoms. The minimum absolute atomic E-state index is 0.0591. The SMILES string of the molecule is CCOC(=O)C1CCCN(C(=O)c2ccc3c(c2)N(Cc2ccc(Cl)cc2)C(=O)c2ccccc2S3(=O)=O)C1. The van der Waals surface area contributed by atoms with Crippen LogP contribution in [-0.4, -0.2) is 50.8 Å². The molecule has 2 aliphatic heterocycles. The Morgan fingerprint density at radius 1 is 1.03 bits per heavy atom. The Morgan fingerprint density at radius 3 is 2.51 bits per heavy atom. The Labute approximate surface area is 232 Å². The lowest BCUT2D eigenvalue weighted by Crippen LogP contribution is -2.43. The maximum Gasteiger partial charge on any atom is 0.310 e. The van der Waals surface area contributed by atoms with Crippen LogP contribution in [0.3, 0.4) is 0 Å². The number of sulfone groups is 1. The molecule has 0 aliphatic carbocycles. The lowest BCUT2D eigenvalue weighted by Gasteiger charge is -2.32. The number of carbonyl (C=O) groups excluding carboxylic acids is 3. The molecule has 1 saturated heterocycles. The molecule has 0 N–H and O–H groups in total. The first kappa shape index (κ1) is 26.9. The van der Waals surface area contributed by atoms with Gasteiger partial charge in [-0.3, -0.25) is 14.4 Å². The number of hydrogen-bond donors (Lipinski definition) is 0. The lowest BCUT2D eigenvalue weighted by molar-refractivity contribution is -0.149. The van der Waals surface area contributed by atoms with Gasteiger partial charge in [-0.1, -0.05) is 35.9 Å². The summed E-state index contributed by atoms with van der Waals surface area (Å²) in [6, 6.07) is 17.3. The minimum Gasteiger partial charge on any atom is -0.466 e. The van der Waals surface area contributed by atoms with Gasteiger partial charge in [0.1, 0.15) is 0 Å². The number of anilines is 1. The van der Waals surface area contributed by atoms with Crippen LogP contribution in [0.15, 0.2) is 76.5 Å². The van der Waals surface area contributed by atoms with Gasteiger partial charge in [0, 0.05) is 23.7 Å². The van der Waals surface area contributed by atoms with Gasteiger partial charge in [0.15, 0.2) is 0 Å². The molecule has 3 aromatic rings. The number of benzene rings is 3. The highest BCUT2D eigenvalue weighted by molar-refractivity contribution is 7.91. The Hall–Kier alpha value is -3.69. The van der Waals surface area contributed by atoms with E-state index in [-0.39, 0.29) is 58.2 Å². The van der Waals surface area contributed by atoms with Crippen LogP contribution in [0.5, 0.6) is 0 Å². The van der Waals surface area contributed by atoms with Gasteiger partial charge in [-0.15, -0.1) is 0 Å². The molecule has 39 heavy (non-hydrogen) atoms. The molecule has 0 aromatic heterocycles. The highest BCUT2D eigenvalue weighted by Gasteiger charge is 2.37. The number of hydrogen-bond acceptors (Lipinski definition) is 6. The maximum atomic E-state index is 13.8. The van der Waals surface area contributed by atoms with Gasteiger partial charge in [-0.2, -0.15) is 0 Å². The van der Waals surface area contributed by atoms with Crippen molar-refractivity contribution in [2.24, 2.45) is 5.92 Å². The summed E-state index contributed by atoms with van der Waals surface area (Å²) in [5.41, 5.74) is 1.15. The van der Waals surface area contributed by atoms with Crippen LogP contribution < -0.4 is 4.90 Å². The van der Waals surface area contributed by atoms with Crippen molar-refractivity contribution < 1.29 is 27.5 Å². The summed E-state index contributed by atoms with van der Waals surface area (Å²) in [7, 11) is -4.07. The van der Waals surface area contributed by atoms with Crippen molar-refractivity contribution in [1.29, 1.82) is 0 Å². The second kappa shape index (κ2) is 10.8. The van der Waals surface area contributed by atoms with Crippen LogP contribution >= 0.6 is 11.6 Å². The predicted octanol–water partition coefficient (Wildman–Crippen LogP) is 4.75. The average Bonchev–Trinajstić information content (AvgIpc) is 3.02. The van der Waals surface area contributed by atoms with Gasteiger partial charge in [0.05, 0.1) is 40.1 Å². The zero-order valence-electron chi connectivity index (χ0n) is 21.3. The standard InChI is InChI=1S/C29H27ClN2O6S/c1-2-38-29(35)21-6-5-15-31(18-21)27(33)20-11-14-26-24(16-20)32(17-19-9-12-22(30)13-10-19)28(34)23-7-3-4-8-25(23)39(26,36)37/h3-4,7-14,16,21H,2,5-6,15,17-18H2,1H3. The second-order valence-electron chi connectivity index (χ2n) is 9.54. The fourth-order valence-corrected chi connectivity index (χ4v) is 6.82. The molecule has 202 valence electrons. The van der Waals surface area contributed by atoms with E-state index in [9.17, 15) is 22.8 Å². The summed E-state index contributed by atoms with van der Waals surface area (Å²) in [4.78, 5) is 42.5. The summed E-state index contributed by atoms with van der Waals surface area (Å²) in [5.74, 6) is -1.58. The van der Waals surface area contributed by atoms with Crippen LogP contribution in [0.1, 0.15) is 46.0 Å². The predicted molar refractivity (Wildman–Crippen MR) is 146 cm³/mol. The van der Waals surface area contributed by atoms with Gasteiger partial charge in [-0.05, 0) is 67.8 Å². The molecule has 2 amide bonds. The van der Waals surface area contributed by atoms with E-state index in [4.69, 9.17) is 16.3 Å². The first-order chi connectivity index (χ1) is 18.7. The summed E-state index contributed by atoms with van der Waals surface area (Å²) < 4.78 is 32.6. The number of carbonyl (C=O) groups is 3. The molecule has 0 bridgehead atoms. The number of esters is 1. The average molecular weight is 567 g/mol. The number of amides is 2. The van der Waals surface area contributed by atoms with E-state index in [0.717, 1.165) is 5.56 Å². The van der Waals surface area contributed by atoms with Crippen molar-refractivity contribution in [2.75, 3.05) is 24.6 Å². The van der Waals surface area contributed by atoms with Crippen LogP contribution in [-0.2, 0) is 25.9 Å². The molecule has 3 aromatic carbocycles. The van der Waals surface area contributed by atoms with Gasteiger partial charge < -0.3 is 14.5 Å². The van der Waals surface area contributed by atoms with Crippen molar-refractivity contribution in [3.8, 4) is 0 Å². The van der Waals surface area contributed by atoms with E-state index in [1.807, 2.05) is 0 Å². The summed E-state index contributed by atoms with van der Waals surface area (Å²) in [6.07, 6.45) is 1.28. The first-order valence-corrected chi connectivity index (χ1v) is 14.6. The smallest absolute Gasteiger partial charge is 0.310 e. The van der Waals surface area contributed by atoms with E-state index < -0.39 is 21.7 Å². The fourth-order valence-electron chi connectivity index (χ4n) is 5.07. The lowest BCUT2D eigenvalue weighted by atomic mass is 9.97. The summed E-state index contributed by atoms with van der Waals surface area (Å²) >= 11 is 6.04. The molecular formula is C29H27ClN2O6S. The Balaban J connectivity index is 1.57. The highest BCUT2D eigenvalue weighted by Crippen LogP contribution is 2.38. The summed E-state index contributed by atoms with van der Waals surface area (Å²) in [5, 5.41) is 0.532. The Kier molecular flexibility index (Phi) is 7.46. The molecule has 8 nitrogen and oxygen atoms in total. The third-order valence-corrected chi connectivity index (χ3v) is 9.13. The van der Waals surface area contributed by atoms with Crippen molar-refractivity contribution in [3.05, 3.63) is 88.4 Å². The fraction of sp³-hybridized carbons (Fsp3) is 0.276. The topological polar surface area (TPSA) is 101 Å². The van der Waals surface area contributed by atoms with Crippen molar-refractivity contribution in [1.82, 2.24) is 4.90 Å². The van der Waals surface area contributed by atoms with E-state index in [0.29, 0.717) is 24.4 Å². The number of nitrogens with zero attached hydrogens (tertiary/aromatic N) is 2. The number of likely N-dealkylation sites (tertiary alicyclic amines) is 1. The molecule has 1 atom stereocenters. The Morgan fingerprint density at radius 2 is 1.77 bits per heavy atom.